The number of carbonyl (C=O) groups excluding carboxylic acids is 1. The Hall–Kier alpha value is -1.04. The third kappa shape index (κ3) is 6.41. The van der Waals surface area contributed by atoms with Crippen molar-refractivity contribution in [1.29, 1.82) is 0 Å². The number of carbonyl (C=O) groups is 1. The van der Waals surface area contributed by atoms with Crippen LogP contribution in [0, 0.1) is 0 Å². The zero-order valence-corrected chi connectivity index (χ0v) is 13.3. The van der Waals surface area contributed by atoms with Gasteiger partial charge in [0.2, 0.25) is 0 Å². The quantitative estimate of drug-likeness (QED) is 0.836. The molecule has 0 aromatic carbocycles. The van der Waals surface area contributed by atoms with Crippen LogP contribution in [-0.2, 0) is 11.2 Å². The van der Waals surface area contributed by atoms with Crippen molar-refractivity contribution in [2.75, 3.05) is 6.54 Å². The molecule has 7 heteroatoms. The van der Waals surface area contributed by atoms with Gasteiger partial charge in [-0.05, 0) is 38.8 Å². The van der Waals surface area contributed by atoms with Gasteiger partial charge >= 0.3 is 6.09 Å². The summed E-state index contributed by atoms with van der Waals surface area (Å²) in [5, 5.41) is 3.48. The van der Waals surface area contributed by atoms with Crippen LogP contribution in [0.5, 0.6) is 0 Å². The van der Waals surface area contributed by atoms with Crippen molar-refractivity contribution in [3.63, 3.8) is 0 Å². The molecule has 0 aliphatic carbocycles. The minimum Gasteiger partial charge on any atom is -0.444 e. The number of amides is 1. The van der Waals surface area contributed by atoms with Gasteiger partial charge in [0.25, 0.3) is 0 Å². The minimum atomic E-state index is -0.532. The van der Waals surface area contributed by atoms with Crippen LogP contribution in [0.4, 0.5) is 4.79 Å². The Bertz CT molecular complexity index is 475. The van der Waals surface area contributed by atoms with E-state index in [-0.39, 0.29) is 12.6 Å². The summed E-state index contributed by atoms with van der Waals surface area (Å²) in [6, 6.07) is 1.37. The first-order chi connectivity index (χ1) is 9.17. The predicted octanol–water partition coefficient (Wildman–Crippen LogP) is 2.78. The highest BCUT2D eigenvalue weighted by atomic mass is 35.5. The number of pyridine rings is 1. The SMILES string of the molecule is CC(C)(C)OC(=O)NCC(N)Cc1cc(Cl)ncc1Cl. The van der Waals surface area contributed by atoms with E-state index in [0.29, 0.717) is 16.6 Å². The summed E-state index contributed by atoms with van der Waals surface area (Å²) in [7, 11) is 0. The van der Waals surface area contributed by atoms with Crippen LogP contribution in [0.3, 0.4) is 0 Å². The van der Waals surface area contributed by atoms with Crippen LogP contribution < -0.4 is 11.1 Å². The Labute approximate surface area is 128 Å². The van der Waals surface area contributed by atoms with E-state index < -0.39 is 11.7 Å². The molecule has 0 fully saturated rings. The molecular formula is C13H19Cl2N3O2. The molecule has 1 aromatic rings. The van der Waals surface area contributed by atoms with Crippen molar-refractivity contribution in [1.82, 2.24) is 10.3 Å². The van der Waals surface area contributed by atoms with E-state index in [4.69, 9.17) is 33.7 Å². The van der Waals surface area contributed by atoms with Gasteiger partial charge in [-0.15, -0.1) is 0 Å². The first kappa shape index (κ1) is 17.0. The minimum absolute atomic E-state index is 0.283. The van der Waals surface area contributed by atoms with Gasteiger partial charge in [0.1, 0.15) is 10.8 Å². The molecular weight excluding hydrogens is 301 g/mol. The van der Waals surface area contributed by atoms with Crippen LogP contribution in [0.15, 0.2) is 12.3 Å². The van der Waals surface area contributed by atoms with Gasteiger partial charge in [0.15, 0.2) is 0 Å². The Kier molecular flexibility index (Phi) is 6.05. The maximum absolute atomic E-state index is 11.5. The largest absolute Gasteiger partial charge is 0.444 e. The van der Waals surface area contributed by atoms with Gasteiger partial charge < -0.3 is 15.8 Å². The second kappa shape index (κ2) is 7.11. The molecule has 5 nitrogen and oxygen atoms in total. The van der Waals surface area contributed by atoms with E-state index in [9.17, 15) is 4.79 Å². The molecule has 0 saturated carbocycles. The topological polar surface area (TPSA) is 77.2 Å². The molecule has 1 amide bonds. The molecule has 112 valence electrons. The average molecular weight is 320 g/mol. The van der Waals surface area contributed by atoms with E-state index >= 15 is 0 Å². The van der Waals surface area contributed by atoms with Gasteiger partial charge in [0.05, 0.1) is 5.02 Å². The van der Waals surface area contributed by atoms with Crippen molar-refractivity contribution >= 4 is 29.3 Å². The van der Waals surface area contributed by atoms with E-state index in [1.165, 1.54) is 6.20 Å². The van der Waals surface area contributed by atoms with Gasteiger partial charge in [-0.3, -0.25) is 0 Å². The van der Waals surface area contributed by atoms with E-state index in [0.717, 1.165) is 5.56 Å². The standard InChI is InChI=1S/C13H19Cl2N3O2/c1-13(2,3)20-12(19)18-6-9(16)4-8-5-11(15)17-7-10(8)14/h5,7,9H,4,6,16H2,1-3H3,(H,18,19). The van der Waals surface area contributed by atoms with Crippen molar-refractivity contribution < 1.29 is 9.53 Å². The number of hydrogen-bond donors (Lipinski definition) is 2. The average Bonchev–Trinajstić information content (AvgIpc) is 2.29. The Morgan fingerprint density at radius 1 is 1.50 bits per heavy atom. The molecule has 0 spiro atoms. The summed E-state index contributed by atoms with van der Waals surface area (Å²) in [5.41, 5.74) is 6.21. The third-order valence-corrected chi connectivity index (χ3v) is 2.84. The zero-order chi connectivity index (χ0) is 15.3. The van der Waals surface area contributed by atoms with Crippen molar-refractivity contribution in [2.24, 2.45) is 5.73 Å². The summed E-state index contributed by atoms with van der Waals surface area (Å²) in [5.74, 6) is 0. The molecule has 1 atom stereocenters. The summed E-state index contributed by atoms with van der Waals surface area (Å²) in [6.45, 7) is 5.67. The van der Waals surface area contributed by atoms with E-state index in [1.807, 2.05) is 0 Å². The zero-order valence-electron chi connectivity index (χ0n) is 11.7. The second-order valence-electron chi connectivity index (χ2n) is 5.45. The molecule has 0 aliphatic rings. The highest BCUT2D eigenvalue weighted by Gasteiger charge is 2.17. The molecule has 1 aromatic heterocycles. The molecule has 1 unspecified atom stereocenters. The number of nitrogens with one attached hydrogen (secondary N) is 1. The van der Waals surface area contributed by atoms with Gasteiger partial charge in [-0.2, -0.15) is 0 Å². The first-order valence-electron chi connectivity index (χ1n) is 6.20. The van der Waals surface area contributed by atoms with Gasteiger partial charge in [-0.25, -0.2) is 9.78 Å². The number of ether oxygens (including phenoxy) is 1. The molecule has 0 radical (unpaired) electrons. The highest BCUT2D eigenvalue weighted by Crippen LogP contribution is 2.19. The lowest BCUT2D eigenvalue weighted by Gasteiger charge is -2.21. The molecule has 0 aliphatic heterocycles. The normalized spacial score (nSPS) is 12.9. The summed E-state index contributed by atoms with van der Waals surface area (Å²) >= 11 is 11.8. The molecule has 0 saturated heterocycles. The fraction of sp³-hybridized carbons (Fsp3) is 0.538. The van der Waals surface area contributed by atoms with Crippen LogP contribution >= 0.6 is 23.2 Å². The number of aromatic nitrogens is 1. The molecule has 3 N–H and O–H groups in total. The number of alkyl carbamates (subject to hydrolysis) is 1. The van der Waals surface area contributed by atoms with Crippen molar-refractivity contribution in [3.05, 3.63) is 28.0 Å². The fourth-order valence-corrected chi connectivity index (χ4v) is 1.85. The Morgan fingerprint density at radius 2 is 2.15 bits per heavy atom. The lowest BCUT2D eigenvalue weighted by atomic mass is 10.1. The Morgan fingerprint density at radius 3 is 2.75 bits per heavy atom. The number of rotatable bonds is 4. The van der Waals surface area contributed by atoms with E-state index in [2.05, 4.69) is 10.3 Å². The van der Waals surface area contributed by atoms with Crippen LogP contribution in [0.2, 0.25) is 10.2 Å². The van der Waals surface area contributed by atoms with Crippen LogP contribution in [0.1, 0.15) is 26.3 Å². The number of hydrogen-bond acceptors (Lipinski definition) is 4. The van der Waals surface area contributed by atoms with Crippen molar-refractivity contribution in [2.45, 2.75) is 38.8 Å². The summed E-state index contributed by atoms with van der Waals surface area (Å²) < 4.78 is 5.12. The van der Waals surface area contributed by atoms with Crippen molar-refractivity contribution in [3.8, 4) is 0 Å². The maximum Gasteiger partial charge on any atom is 0.407 e. The predicted molar refractivity (Wildman–Crippen MR) is 80.2 cm³/mol. The highest BCUT2D eigenvalue weighted by molar-refractivity contribution is 6.32. The second-order valence-corrected chi connectivity index (χ2v) is 6.24. The van der Waals surface area contributed by atoms with Crippen LogP contribution in [0.25, 0.3) is 0 Å². The molecule has 0 bridgehead atoms. The lowest BCUT2D eigenvalue weighted by Crippen LogP contribution is -2.41. The number of halogens is 2. The number of nitrogens with two attached hydrogens (primary N) is 1. The maximum atomic E-state index is 11.5. The first-order valence-corrected chi connectivity index (χ1v) is 6.95. The monoisotopic (exact) mass is 319 g/mol. The van der Waals surface area contributed by atoms with E-state index in [1.54, 1.807) is 26.8 Å². The number of nitrogens with zero attached hydrogens (tertiary/aromatic N) is 1. The Balaban J connectivity index is 2.46. The van der Waals surface area contributed by atoms with Crippen LogP contribution in [-0.4, -0.2) is 29.3 Å². The third-order valence-electron chi connectivity index (χ3n) is 2.29. The molecule has 1 rings (SSSR count). The molecule has 1 heterocycles. The van der Waals surface area contributed by atoms with Gasteiger partial charge in [-0.1, -0.05) is 23.2 Å². The lowest BCUT2D eigenvalue weighted by molar-refractivity contribution is 0.0524. The fourth-order valence-electron chi connectivity index (χ4n) is 1.49. The summed E-state index contributed by atoms with van der Waals surface area (Å²) in [4.78, 5) is 15.4. The van der Waals surface area contributed by atoms with Gasteiger partial charge in [0, 0.05) is 18.8 Å². The molecule has 20 heavy (non-hydrogen) atoms. The smallest absolute Gasteiger partial charge is 0.407 e. The summed E-state index contributed by atoms with van der Waals surface area (Å²) in [6.07, 6.45) is 1.47.